The van der Waals surface area contributed by atoms with Gasteiger partial charge in [0.2, 0.25) is 0 Å². The summed E-state index contributed by atoms with van der Waals surface area (Å²) in [5.41, 5.74) is 0. The van der Waals surface area contributed by atoms with Crippen molar-refractivity contribution in [2.24, 2.45) is 23.7 Å². The molecule has 131 valence electrons. The molecule has 2 saturated carbocycles. The SMILES string of the molecule is C[SiH](C)[Zr]([CH3])([CH3])([CH]1CCC2C=CC=CC21)[CH]1CCC2C=CC=CC21. The summed E-state index contributed by atoms with van der Waals surface area (Å²) >= 11 is -2.82. The van der Waals surface area contributed by atoms with Crippen molar-refractivity contribution in [1.29, 1.82) is 0 Å². The van der Waals surface area contributed by atoms with Crippen LogP contribution in [0.15, 0.2) is 48.6 Å². The topological polar surface area (TPSA) is 0 Å². The minimum absolute atomic E-state index is 0.661. The van der Waals surface area contributed by atoms with Gasteiger partial charge >= 0.3 is 151 Å². The zero-order valence-corrected chi connectivity index (χ0v) is 19.6. The third kappa shape index (κ3) is 2.38. The molecule has 6 unspecified atom stereocenters. The van der Waals surface area contributed by atoms with E-state index in [1.807, 2.05) is 0 Å². The van der Waals surface area contributed by atoms with Gasteiger partial charge < -0.3 is 0 Å². The van der Waals surface area contributed by atoms with Crippen LogP contribution in [0.4, 0.5) is 0 Å². The third-order valence-corrected chi connectivity index (χ3v) is 59.7. The Hall–Kier alpha value is 0.0600. The fourth-order valence-corrected chi connectivity index (χ4v) is 40.5. The van der Waals surface area contributed by atoms with Crippen LogP contribution in [0.5, 0.6) is 0 Å². The molecule has 0 N–H and O–H groups in total. The number of fused-ring (bicyclic) bond motifs is 2. The molecule has 0 aromatic rings. The van der Waals surface area contributed by atoms with Crippen LogP contribution in [0, 0.1) is 23.7 Å². The second-order valence-electron chi connectivity index (χ2n) is 10.3. The van der Waals surface area contributed by atoms with E-state index in [1.165, 1.54) is 25.7 Å². The number of hydrogen-bond donors (Lipinski definition) is 0. The molecule has 0 aromatic heterocycles. The number of allylic oxidation sites excluding steroid dienone is 8. The van der Waals surface area contributed by atoms with Gasteiger partial charge in [0.25, 0.3) is 0 Å². The van der Waals surface area contributed by atoms with E-state index in [0.29, 0.717) is 0 Å². The van der Waals surface area contributed by atoms with Crippen LogP contribution in [0.25, 0.3) is 0 Å². The fraction of sp³-hybridized carbons (Fsp3) is 0.636. The average Bonchev–Trinajstić information content (AvgIpc) is 3.20. The molecule has 4 aliphatic carbocycles. The van der Waals surface area contributed by atoms with E-state index in [0.717, 1.165) is 30.9 Å². The average molecular weight is 419 g/mol. The molecule has 0 saturated heterocycles. The number of hydrogen-bond acceptors (Lipinski definition) is 0. The zero-order chi connectivity index (χ0) is 17.0. The van der Waals surface area contributed by atoms with Crippen LogP contribution >= 0.6 is 0 Å². The maximum atomic E-state index is 2.94. The van der Waals surface area contributed by atoms with E-state index in [-0.39, 0.29) is 0 Å². The van der Waals surface area contributed by atoms with Crippen LogP contribution in [0.1, 0.15) is 25.7 Å². The Kier molecular flexibility index (Phi) is 4.41. The molecule has 2 heteroatoms. The molecule has 0 nitrogen and oxygen atoms in total. The third-order valence-electron chi connectivity index (χ3n) is 9.31. The molecule has 0 radical (unpaired) electrons. The molecule has 24 heavy (non-hydrogen) atoms. The number of rotatable bonds is 3. The summed E-state index contributed by atoms with van der Waals surface area (Å²) in [5.74, 6) is 2.82. The van der Waals surface area contributed by atoms with Crippen LogP contribution in [0.2, 0.25) is 29.6 Å². The summed E-state index contributed by atoms with van der Waals surface area (Å²) < 4.78 is 8.03. The van der Waals surface area contributed by atoms with Gasteiger partial charge in [-0.2, -0.15) is 0 Å². The van der Waals surface area contributed by atoms with Gasteiger partial charge in [0.05, 0.1) is 0 Å². The van der Waals surface area contributed by atoms with Gasteiger partial charge in [0, 0.05) is 0 Å². The van der Waals surface area contributed by atoms with Gasteiger partial charge in [-0.1, -0.05) is 0 Å². The van der Waals surface area contributed by atoms with Crippen molar-refractivity contribution in [1.82, 2.24) is 0 Å². The van der Waals surface area contributed by atoms with Crippen LogP contribution in [-0.4, -0.2) is 5.92 Å². The quantitative estimate of drug-likeness (QED) is 0.451. The van der Waals surface area contributed by atoms with Crippen LogP contribution in [0.3, 0.4) is 0 Å². The van der Waals surface area contributed by atoms with E-state index >= 15 is 0 Å². The Morgan fingerprint density at radius 2 is 1.08 bits per heavy atom. The molecule has 6 atom stereocenters. The molecule has 4 aliphatic rings. The van der Waals surface area contributed by atoms with E-state index in [2.05, 4.69) is 71.0 Å². The van der Waals surface area contributed by atoms with Crippen molar-refractivity contribution in [3.05, 3.63) is 48.6 Å². The van der Waals surface area contributed by atoms with Gasteiger partial charge in [0.15, 0.2) is 0 Å². The predicted octanol–water partition coefficient (Wildman–Crippen LogP) is 6.64. The summed E-state index contributed by atoms with van der Waals surface area (Å²) in [6.45, 7) is 5.47. The minimum atomic E-state index is -2.82. The zero-order valence-electron chi connectivity index (χ0n) is 16.0. The molecule has 0 aliphatic heterocycles. The molecule has 0 heterocycles. The Bertz CT molecular complexity index is 576. The summed E-state index contributed by atoms with van der Waals surface area (Å²) in [6.07, 6.45) is 25.6. The first-order chi connectivity index (χ1) is 11.4. The Balaban J connectivity index is 1.75. The van der Waals surface area contributed by atoms with E-state index in [1.54, 1.807) is 0 Å². The van der Waals surface area contributed by atoms with Crippen molar-refractivity contribution < 1.29 is 17.9 Å². The molecule has 0 amide bonds. The van der Waals surface area contributed by atoms with Gasteiger partial charge in [-0.25, -0.2) is 0 Å². The monoisotopic (exact) mass is 417 g/mol. The van der Waals surface area contributed by atoms with Crippen molar-refractivity contribution in [3.8, 4) is 0 Å². The summed E-state index contributed by atoms with van der Waals surface area (Å²) in [4.78, 5) is 0. The Morgan fingerprint density at radius 1 is 0.667 bits per heavy atom. The molecule has 4 rings (SSSR count). The normalized spacial score (nSPS) is 42.1. The first-order valence-electron chi connectivity index (χ1n) is 10.3. The summed E-state index contributed by atoms with van der Waals surface area (Å²) in [6, 6.07) is 0. The first kappa shape index (κ1) is 17.5. The van der Waals surface area contributed by atoms with Crippen molar-refractivity contribution in [2.45, 2.75) is 55.3 Å². The fourth-order valence-electron chi connectivity index (χ4n) is 7.17. The van der Waals surface area contributed by atoms with E-state index in [4.69, 9.17) is 0 Å². The second-order valence-corrected chi connectivity index (χ2v) is 49.0. The molecule has 0 spiro atoms. The maximum absolute atomic E-state index is 2.94. The van der Waals surface area contributed by atoms with Gasteiger partial charge in [-0.05, 0) is 0 Å². The van der Waals surface area contributed by atoms with E-state index in [9.17, 15) is 0 Å². The van der Waals surface area contributed by atoms with Gasteiger partial charge in [-0.3, -0.25) is 0 Å². The molecular formula is C22H35SiZr. The van der Waals surface area contributed by atoms with Gasteiger partial charge in [0.1, 0.15) is 0 Å². The van der Waals surface area contributed by atoms with Crippen LogP contribution in [-0.2, 0) is 17.9 Å². The Morgan fingerprint density at radius 3 is 1.50 bits per heavy atom. The molecule has 0 bridgehead atoms. The molecular weight excluding hydrogens is 384 g/mol. The van der Waals surface area contributed by atoms with Crippen molar-refractivity contribution >= 4 is 5.92 Å². The second kappa shape index (κ2) is 6.05. The summed E-state index contributed by atoms with van der Waals surface area (Å²) in [7, 11) is 0. The van der Waals surface area contributed by atoms with Crippen LogP contribution < -0.4 is 0 Å². The predicted molar refractivity (Wildman–Crippen MR) is 107 cm³/mol. The Labute approximate surface area is 150 Å². The standard InChI is InChI=1S/2C9H11.C2H7Si.2CH3.Zr/c2*1-2-5-9-7-3-6-8(9)4-1;1-3-2;;;/h2*1-2,4-6,8-9H,3,7H2;3H,1-2H3;2*1H3;. The summed E-state index contributed by atoms with van der Waals surface area (Å²) in [5, 5.41) is 0. The van der Waals surface area contributed by atoms with Crippen molar-refractivity contribution in [3.63, 3.8) is 0 Å². The van der Waals surface area contributed by atoms with Gasteiger partial charge in [-0.15, -0.1) is 0 Å². The van der Waals surface area contributed by atoms with E-state index < -0.39 is 23.9 Å². The first-order valence-corrected chi connectivity index (χ1v) is 25.2. The van der Waals surface area contributed by atoms with Crippen molar-refractivity contribution in [2.75, 3.05) is 0 Å². The molecule has 0 aromatic carbocycles. The molecule has 2 fully saturated rings.